The van der Waals surface area contributed by atoms with Gasteiger partial charge in [0.05, 0.1) is 0 Å². The van der Waals surface area contributed by atoms with Crippen LogP contribution in [0.15, 0.2) is 35.3 Å². The van der Waals surface area contributed by atoms with Crippen LogP contribution >= 0.6 is 0 Å². The van der Waals surface area contributed by atoms with Gasteiger partial charge in [-0.25, -0.2) is 4.98 Å². The summed E-state index contributed by atoms with van der Waals surface area (Å²) in [5, 5.41) is 3.45. The average Bonchev–Trinajstić information content (AvgIpc) is 2.71. The third-order valence-electron chi connectivity index (χ3n) is 5.14. The molecule has 1 aromatic carbocycles. The number of nitrogens with one attached hydrogen (secondary N) is 1. The Hall–Kier alpha value is -3.08. The van der Waals surface area contributed by atoms with E-state index in [2.05, 4.69) is 36.8 Å². The van der Waals surface area contributed by atoms with Crippen molar-refractivity contribution < 1.29 is 17.9 Å². The van der Waals surface area contributed by atoms with Gasteiger partial charge in [-0.15, -0.1) is 13.2 Å². The molecule has 32 heavy (non-hydrogen) atoms. The van der Waals surface area contributed by atoms with Crippen molar-refractivity contribution in [2.75, 3.05) is 36.9 Å². The molecular weight excluding hydrogens is 423 g/mol. The van der Waals surface area contributed by atoms with Gasteiger partial charge in [-0.2, -0.15) is 9.98 Å². The van der Waals surface area contributed by atoms with E-state index in [1.165, 1.54) is 23.1 Å². The van der Waals surface area contributed by atoms with Crippen molar-refractivity contribution in [1.82, 2.24) is 14.9 Å². The standard InChI is InChI=1S/C21H28F3N7O/c1-4-31-10-6-7-15(13-31)27-18-11-14(2)26-20(28-18)29-19(25)30(3)16-8-5-9-17(12-16)32-21(22,23)24/h5,8-9,11-12,15H,4,6-7,10,13H2,1-3H3,(H3,25,26,27,28,29). The van der Waals surface area contributed by atoms with Gasteiger partial charge in [0, 0.05) is 43.1 Å². The average molecular weight is 451 g/mol. The highest BCUT2D eigenvalue weighted by Gasteiger charge is 2.31. The normalized spacial score (nSPS) is 17.8. The molecule has 2 heterocycles. The van der Waals surface area contributed by atoms with Crippen LogP contribution in [0.2, 0.25) is 0 Å². The highest BCUT2D eigenvalue weighted by Crippen LogP contribution is 2.26. The highest BCUT2D eigenvalue weighted by atomic mass is 19.4. The van der Waals surface area contributed by atoms with Gasteiger partial charge in [0.25, 0.3) is 5.95 Å². The van der Waals surface area contributed by atoms with E-state index in [9.17, 15) is 13.2 Å². The first-order chi connectivity index (χ1) is 15.1. The van der Waals surface area contributed by atoms with Crippen LogP contribution in [0.1, 0.15) is 25.5 Å². The molecule has 1 unspecified atom stereocenters. The van der Waals surface area contributed by atoms with E-state index in [0.29, 0.717) is 11.5 Å². The van der Waals surface area contributed by atoms with Crippen molar-refractivity contribution >= 4 is 23.4 Å². The maximum atomic E-state index is 12.5. The number of halogens is 3. The summed E-state index contributed by atoms with van der Waals surface area (Å²) in [7, 11) is 1.59. The first-order valence-electron chi connectivity index (χ1n) is 10.4. The predicted molar refractivity (Wildman–Crippen MR) is 118 cm³/mol. The van der Waals surface area contributed by atoms with Crippen LogP contribution in [-0.4, -0.2) is 59.9 Å². The number of alkyl halides is 3. The number of piperidine rings is 1. The number of hydrogen-bond donors (Lipinski definition) is 2. The second-order valence-corrected chi connectivity index (χ2v) is 7.65. The molecule has 0 spiro atoms. The number of aromatic nitrogens is 2. The van der Waals surface area contributed by atoms with Gasteiger partial charge in [0.1, 0.15) is 11.6 Å². The van der Waals surface area contributed by atoms with E-state index in [-0.39, 0.29) is 23.7 Å². The van der Waals surface area contributed by atoms with E-state index >= 15 is 0 Å². The SMILES string of the molecule is CCN1CCCC(Nc2cc(C)nc(N=C(N)N(C)c3cccc(OC(F)(F)F)c3)n2)C1. The van der Waals surface area contributed by atoms with E-state index in [4.69, 9.17) is 5.73 Å². The smallest absolute Gasteiger partial charge is 0.406 e. The topological polar surface area (TPSA) is 91.9 Å². The van der Waals surface area contributed by atoms with Crippen LogP contribution in [-0.2, 0) is 0 Å². The number of rotatable bonds is 6. The maximum absolute atomic E-state index is 12.5. The third-order valence-corrected chi connectivity index (χ3v) is 5.14. The lowest BCUT2D eigenvalue weighted by Gasteiger charge is -2.32. The molecule has 8 nitrogen and oxygen atoms in total. The number of likely N-dealkylation sites (N-methyl/N-ethyl adjacent to an activating group) is 1. The summed E-state index contributed by atoms with van der Waals surface area (Å²) in [4.78, 5) is 16.9. The van der Waals surface area contributed by atoms with Crippen molar-refractivity contribution in [2.45, 2.75) is 39.1 Å². The summed E-state index contributed by atoms with van der Waals surface area (Å²) >= 11 is 0. The zero-order chi connectivity index (χ0) is 23.3. The Bertz CT molecular complexity index is 951. The Kier molecular flexibility index (Phi) is 7.39. The molecule has 11 heteroatoms. The number of nitrogens with zero attached hydrogens (tertiary/aromatic N) is 5. The summed E-state index contributed by atoms with van der Waals surface area (Å²) in [6, 6.07) is 7.61. The molecule has 3 rings (SSSR count). The lowest BCUT2D eigenvalue weighted by Crippen LogP contribution is -2.42. The van der Waals surface area contributed by atoms with Crippen molar-refractivity contribution in [3.8, 4) is 5.75 Å². The van der Waals surface area contributed by atoms with Gasteiger partial charge < -0.3 is 25.6 Å². The largest absolute Gasteiger partial charge is 0.573 e. The summed E-state index contributed by atoms with van der Waals surface area (Å²) in [5.74, 6) is 0.514. The fourth-order valence-electron chi connectivity index (χ4n) is 3.55. The number of aryl methyl sites for hydroxylation is 1. The number of nitrogens with two attached hydrogens (primary N) is 1. The third kappa shape index (κ3) is 6.71. The number of ether oxygens (including phenoxy) is 1. The molecule has 1 aliphatic rings. The van der Waals surface area contributed by atoms with E-state index in [1.807, 2.05) is 13.0 Å². The van der Waals surface area contributed by atoms with Crippen LogP contribution in [0.3, 0.4) is 0 Å². The first kappa shape index (κ1) is 23.6. The van der Waals surface area contributed by atoms with Gasteiger partial charge in [-0.05, 0) is 45.0 Å². The molecule has 1 aromatic heterocycles. The lowest BCUT2D eigenvalue weighted by molar-refractivity contribution is -0.274. The first-order valence-corrected chi connectivity index (χ1v) is 10.4. The van der Waals surface area contributed by atoms with Crippen LogP contribution < -0.4 is 20.7 Å². The minimum atomic E-state index is -4.78. The Balaban J connectivity index is 1.75. The molecule has 1 atom stereocenters. The molecule has 0 radical (unpaired) electrons. The van der Waals surface area contributed by atoms with E-state index in [1.54, 1.807) is 13.1 Å². The highest BCUT2D eigenvalue weighted by molar-refractivity contribution is 5.95. The zero-order valence-electron chi connectivity index (χ0n) is 18.4. The molecule has 0 aliphatic carbocycles. The summed E-state index contributed by atoms with van der Waals surface area (Å²) < 4.78 is 41.5. The number of benzene rings is 1. The molecule has 0 amide bonds. The van der Waals surface area contributed by atoms with E-state index in [0.717, 1.165) is 38.2 Å². The Morgan fingerprint density at radius 2 is 2.12 bits per heavy atom. The molecule has 1 saturated heterocycles. The molecule has 2 aromatic rings. The number of aliphatic imine (C=N–C) groups is 1. The minimum Gasteiger partial charge on any atom is -0.406 e. The minimum absolute atomic E-state index is 0.0283. The monoisotopic (exact) mass is 451 g/mol. The number of guanidine groups is 1. The predicted octanol–water partition coefficient (Wildman–Crippen LogP) is 3.66. The second kappa shape index (κ2) is 10.0. The molecule has 1 fully saturated rings. The maximum Gasteiger partial charge on any atom is 0.573 e. The van der Waals surface area contributed by atoms with Gasteiger partial charge in [-0.1, -0.05) is 13.0 Å². The van der Waals surface area contributed by atoms with Crippen LogP contribution in [0.25, 0.3) is 0 Å². The molecular formula is C21H28F3N7O. The van der Waals surface area contributed by atoms with Gasteiger partial charge in [-0.3, -0.25) is 0 Å². The zero-order valence-corrected chi connectivity index (χ0v) is 18.4. The Morgan fingerprint density at radius 3 is 2.84 bits per heavy atom. The number of likely N-dealkylation sites (tertiary alicyclic amines) is 1. The molecule has 0 saturated carbocycles. The van der Waals surface area contributed by atoms with Crippen molar-refractivity contribution in [3.63, 3.8) is 0 Å². The number of hydrogen-bond acceptors (Lipinski definition) is 6. The number of anilines is 2. The lowest BCUT2D eigenvalue weighted by atomic mass is 10.1. The van der Waals surface area contributed by atoms with Crippen LogP contribution in [0.5, 0.6) is 5.75 Å². The van der Waals surface area contributed by atoms with Gasteiger partial charge >= 0.3 is 6.36 Å². The Morgan fingerprint density at radius 1 is 1.34 bits per heavy atom. The van der Waals surface area contributed by atoms with Crippen LogP contribution in [0.4, 0.5) is 30.6 Å². The van der Waals surface area contributed by atoms with Crippen molar-refractivity contribution in [1.29, 1.82) is 0 Å². The molecule has 3 N–H and O–H groups in total. The summed E-state index contributed by atoms with van der Waals surface area (Å²) in [6.45, 7) is 7.04. The fourth-order valence-corrected chi connectivity index (χ4v) is 3.55. The van der Waals surface area contributed by atoms with Crippen LogP contribution in [0, 0.1) is 6.92 Å². The molecule has 1 aliphatic heterocycles. The fraction of sp³-hybridized carbons (Fsp3) is 0.476. The Labute approximate surface area is 185 Å². The van der Waals surface area contributed by atoms with E-state index < -0.39 is 6.36 Å². The second-order valence-electron chi connectivity index (χ2n) is 7.65. The van der Waals surface area contributed by atoms with Crippen molar-refractivity contribution in [2.24, 2.45) is 10.7 Å². The van der Waals surface area contributed by atoms with Gasteiger partial charge in [0.15, 0.2) is 0 Å². The quantitative estimate of drug-likeness (QED) is 0.512. The summed E-state index contributed by atoms with van der Waals surface area (Å²) in [6.07, 6.45) is -2.60. The summed E-state index contributed by atoms with van der Waals surface area (Å²) in [5.41, 5.74) is 7.18. The van der Waals surface area contributed by atoms with Gasteiger partial charge in [0.2, 0.25) is 5.96 Å². The molecule has 0 bridgehead atoms. The molecule has 174 valence electrons. The van der Waals surface area contributed by atoms with Crippen molar-refractivity contribution in [3.05, 3.63) is 36.0 Å².